The first kappa shape index (κ1) is 11.9. The fourth-order valence-corrected chi connectivity index (χ4v) is 3.47. The molecule has 0 fully saturated rings. The predicted octanol–water partition coefficient (Wildman–Crippen LogP) is 1.39. The smallest absolute Gasteiger partial charge is 0.188 e. The Balaban J connectivity index is 3.77. The van der Waals surface area contributed by atoms with Gasteiger partial charge in [-0.25, -0.2) is 0 Å². The van der Waals surface area contributed by atoms with E-state index in [2.05, 4.69) is 44.2 Å². The van der Waals surface area contributed by atoms with Crippen LogP contribution in [0.4, 0.5) is 0 Å². The van der Waals surface area contributed by atoms with Crippen molar-refractivity contribution in [2.75, 3.05) is 0 Å². The van der Waals surface area contributed by atoms with Crippen molar-refractivity contribution in [2.24, 2.45) is 0 Å². The molecule has 0 saturated heterocycles. The third-order valence-electron chi connectivity index (χ3n) is 1.47. The molecule has 12 heavy (non-hydrogen) atoms. The van der Waals surface area contributed by atoms with E-state index < -0.39 is 9.12 Å². The molecule has 0 aromatic carbocycles. The van der Waals surface area contributed by atoms with Gasteiger partial charge in [-0.2, -0.15) is 0 Å². The van der Waals surface area contributed by atoms with Crippen molar-refractivity contribution in [1.29, 1.82) is 0 Å². The second-order valence-electron chi connectivity index (χ2n) is 3.72. The van der Waals surface area contributed by atoms with Gasteiger partial charge < -0.3 is 9.96 Å². The van der Waals surface area contributed by atoms with E-state index in [1.54, 1.807) is 0 Å². The maximum atomic E-state index is 3.77. The Morgan fingerprint density at radius 2 is 1.58 bits per heavy atom. The van der Waals surface area contributed by atoms with E-state index in [1.807, 2.05) is 6.08 Å². The third-order valence-corrected chi connectivity index (χ3v) is 4.41. The molecule has 2 nitrogen and oxygen atoms in total. The Kier molecular flexibility index (Phi) is 6.33. The van der Waals surface area contributed by atoms with Crippen LogP contribution in [0, 0.1) is 0 Å². The van der Waals surface area contributed by atoms with Crippen LogP contribution in [0.25, 0.3) is 0 Å². The minimum Gasteiger partial charge on any atom is -0.325 e. The summed E-state index contributed by atoms with van der Waals surface area (Å²) in [6.45, 7) is 12.5. The first-order chi connectivity index (χ1) is 5.56. The van der Waals surface area contributed by atoms with E-state index in [9.17, 15) is 0 Å². The molecule has 72 valence electrons. The summed E-state index contributed by atoms with van der Waals surface area (Å²) in [7, 11) is -0.968. The van der Waals surface area contributed by atoms with Gasteiger partial charge in [-0.3, -0.25) is 0 Å². The molecule has 0 amide bonds. The van der Waals surface area contributed by atoms with Crippen LogP contribution >= 0.6 is 0 Å². The quantitative estimate of drug-likeness (QED) is 0.484. The molecular weight excluding hydrogens is 164 g/mol. The summed E-state index contributed by atoms with van der Waals surface area (Å²) in [5, 5.41) is 0. The second kappa shape index (κ2) is 6.40. The molecule has 0 heterocycles. The lowest BCUT2D eigenvalue weighted by atomic mass is 10.4. The Bertz CT molecular complexity index is 114. The van der Waals surface area contributed by atoms with Crippen LogP contribution in [-0.4, -0.2) is 21.2 Å². The zero-order valence-corrected chi connectivity index (χ0v) is 9.88. The molecule has 0 radical (unpaired) electrons. The topological polar surface area (TPSA) is 24.1 Å². The third kappa shape index (κ3) is 6.58. The summed E-state index contributed by atoms with van der Waals surface area (Å²) in [5.74, 6) is 0. The fraction of sp³-hybridized carbons (Fsp3) is 0.778. The van der Waals surface area contributed by atoms with Gasteiger partial charge in [0.15, 0.2) is 9.12 Å². The first-order valence-electron chi connectivity index (χ1n) is 4.69. The minimum absolute atomic E-state index is 0.577. The molecule has 0 rings (SSSR count). The Hall–Kier alpha value is -0.123. The van der Waals surface area contributed by atoms with Crippen LogP contribution in [0.15, 0.2) is 12.7 Å². The van der Waals surface area contributed by atoms with Crippen LogP contribution in [0.5, 0.6) is 0 Å². The molecule has 2 N–H and O–H groups in total. The summed E-state index contributed by atoms with van der Waals surface area (Å²) in [4.78, 5) is 7.14. The lowest BCUT2D eigenvalue weighted by molar-refractivity contribution is 0.680. The largest absolute Gasteiger partial charge is 0.325 e. The van der Waals surface area contributed by atoms with E-state index in [1.165, 1.54) is 0 Å². The average molecular weight is 186 g/mol. The van der Waals surface area contributed by atoms with E-state index >= 15 is 0 Å². The van der Waals surface area contributed by atoms with Crippen LogP contribution in [0.1, 0.15) is 27.7 Å². The molecule has 0 bridgehead atoms. The number of rotatable bonds is 6. The molecule has 0 aliphatic carbocycles. The molecule has 0 saturated carbocycles. The van der Waals surface area contributed by atoms with E-state index in [-0.39, 0.29) is 0 Å². The van der Waals surface area contributed by atoms with Crippen molar-refractivity contribution in [3.63, 3.8) is 0 Å². The Morgan fingerprint density at radius 3 is 1.83 bits per heavy atom. The van der Waals surface area contributed by atoms with Crippen molar-refractivity contribution in [2.45, 2.75) is 45.8 Å². The number of allylic oxidation sites excluding steroid dienone is 1. The van der Waals surface area contributed by atoms with Crippen LogP contribution in [0.3, 0.4) is 0 Å². The fourth-order valence-electron chi connectivity index (χ4n) is 1.16. The molecule has 3 heteroatoms. The molecule has 0 unspecified atom stereocenters. The number of hydrogen-bond donors (Lipinski definition) is 2. The van der Waals surface area contributed by atoms with Gasteiger partial charge >= 0.3 is 0 Å². The monoisotopic (exact) mass is 186 g/mol. The highest BCUT2D eigenvalue weighted by molar-refractivity contribution is 6.53. The lowest BCUT2D eigenvalue weighted by Crippen LogP contribution is -2.52. The zero-order chi connectivity index (χ0) is 9.56. The summed E-state index contributed by atoms with van der Waals surface area (Å²) in [5.41, 5.74) is 0. The second-order valence-corrected chi connectivity index (χ2v) is 5.96. The molecule has 0 atom stereocenters. The van der Waals surface area contributed by atoms with Crippen LogP contribution < -0.4 is 9.96 Å². The molecular formula is C9H22N2Si. The maximum Gasteiger partial charge on any atom is 0.188 e. The SMILES string of the molecule is C=CC[SiH](NC(C)C)NC(C)C. The summed E-state index contributed by atoms with van der Waals surface area (Å²) in [6.07, 6.45) is 2.00. The van der Waals surface area contributed by atoms with Gasteiger partial charge in [0.2, 0.25) is 0 Å². The van der Waals surface area contributed by atoms with E-state index in [4.69, 9.17) is 0 Å². The predicted molar refractivity (Wildman–Crippen MR) is 58.7 cm³/mol. The summed E-state index contributed by atoms with van der Waals surface area (Å²) in [6, 6.07) is 2.26. The van der Waals surface area contributed by atoms with Crippen LogP contribution in [-0.2, 0) is 0 Å². The summed E-state index contributed by atoms with van der Waals surface area (Å²) < 4.78 is 0. The normalized spacial score (nSPS) is 11.6. The van der Waals surface area contributed by atoms with Crippen molar-refractivity contribution in [1.82, 2.24) is 9.96 Å². The lowest BCUT2D eigenvalue weighted by Gasteiger charge is -2.21. The molecule has 0 aromatic rings. The highest BCUT2D eigenvalue weighted by Gasteiger charge is 2.10. The highest BCUT2D eigenvalue weighted by atomic mass is 28.3. The first-order valence-corrected chi connectivity index (χ1v) is 6.66. The van der Waals surface area contributed by atoms with E-state index in [0.29, 0.717) is 12.1 Å². The van der Waals surface area contributed by atoms with Gasteiger partial charge in [0.05, 0.1) is 0 Å². The van der Waals surface area contributed by atoms with Gasteiger partial charge in [-0.05, 0) is 18.1 Å². The number of hydrogen-bond acceptors (Lipinski definition) is 2. The van der Waals surface area contributed by atoms with Gasteiger partial charge in [0.25, 0.3) is 0 Å². The average Bonchev–Trinajstić information content (AvgIpc) is 1.84. The van der Waals surface area contributed by atoms with Crippen molar-refractivity contribution >= 4 is 9.12 Å². The van der Waals surface area contributed by atoms with E-state index in [0.717, 1.165) is 6.04 Å². The van der Waals surface area contributed by atoms with Gasteiger partial charge in [0, 0.05) is 0 Å². The van der Waals surface area contributed by atoms with Gasteiger partial charge in [0.1, 0.15) is 0 Å². The Labute approximate surface area is 78.2 Å². The standard InChI is InChI=1S/C9H22N2Si/c1-6-7-12(10-8(2)3)11-9(4)5/h6,8-12H,1,7H2,2-5H3. The van der Waals surface area contributed by atoms with Crippen molar-refractivity contribution in [3.8, 4) is 0 Å². The molecule has 0 aliphatic rings. The summed E-state index contributed by atoms with van der Waals surface area (Å²) >= 11 is 0. The zero-order valence-electron chi connectivity index (χ0n) is 8.72. The Morgan fingerprint density at radius 1 is 1.17 bits per heavy atom. The number of nitrogens with one attached hydrogen (secondary N) is 2. The van der Waals surface area contributed by atoms with Crippen LogP contribution in [0.2, 0.25) is 6.04 Å². The minimum atomic E-state index is -0.968. The molecule has 0 aromatic heterocycles. The maximum absolute atomic E-state index is 3.77. The molecule has 0 aliphatic heterocycles. The van der Waals surface area contributed by atoms with Crippen molar-refractivity contribution in [3.05, 3.63) is 12.7 Å². The highest BCUT2D eigenvalue weighted by Crippen LogP contribution is 1.91. The van der Waals surface area contributed by atoms with Gasteiger partial charge in [-0.1, -0.05) is 33.8 Å². The van der Waals surface area contributed by atoms with Crippen molar-refractivity contribution < 1.29 is 0 Å². The molecule has 0 spiro atoms. The van der Waals surface area contributed by atoms with Gasteiger partial charge in [-0.15, -0.1) is 6.58 Å².